The van der Waals surface area contributed by atoms with E-state index >= 15 is 0 Å². The van der Waals surface area contributed by atoms with Gasteiger partial charge in [0.15, 0.2) is 18.2 Å². The molecule has 134 valence electrons. The Morgan fingerprint density at radius 3 is 2.73 bits per heavy atom. The molecule has 0 unspecified atom stereocenters. The molecule has 0 bridgehead atoms. The monoisotopic (exact) mass is 356 g/mol. The predicted octanol–water partition coefficient (Wildman–Crippen LogP) is 3.87. The van der Waals surface area contributed by atoms with Crippen LogP contribution < -0.4 is 15.1 Å². The molecule has 0 radical (unpaired) electrons. The van der Waals surface area contributed by atoms with Gasteiger partial charge in [-0.05, 0) is 36.2 Å². The Bertz CT molecular complexity index is 993. The Labute approximate surface area is 149 Å². The summed E-state index contributed by atoms with van der Waals surface area (Å²) in [7, 11) is 0. The molecule has 5 nitrogen and oxygen atoms in total. The Morgan fingerprint density at radius 2 is 1.96 bits per heavy atom. The molecule has 0 saturated carbocycles. The lowest BCUT2D eigenvalue weighted by Crippen LogP contribution is -2.18. The van der Waals surface area contributed by atoms with Gasteiger partial charge in [0, 0.05) is 17.5 Å². The molecule has 6 heteroatoms. The highest BCUT2D eigenvalue weighted by Crippen LogP contribution is 2.24. The fourth-order valence-electron chi connectivity index (χ4n) is 2.61. The first-order chi connectivity index (χ1) is 12.6. The Morgan fingerprint density at radius 1 is 1.15 bits per heavy atom. The Kier molecular flexibility index (Phi) is 5.31. The third-order valence-electron chi connectivity index (χ3n) is 3.73. The number of carbonyl (C=O) groups is 1. The number of carbonyl (C=O) groups excluding carboxylic acids is 1. The van der Waals surface area contributed by atoms with Crippen molar-refractivity contribution in [2.24, 2.45) is 0 Å². The molecule has 0 amide bonds. The number of esters is 1. The van der Waals surface area contributed by atoms with E-state index in [1.807, 2.05) is 6.92 Å². The molecule has 2 aromatic carbocycles. The van der Waals surface area contributed by atoms with Gasteiger partial charge in [-0.3, -0.25) is 0 Å². The fourth-order valence-corrected chi connectivity index (χ4v) is 2.61. The molecule has 0 atom stereocenters. The number of para-hydroxylation sites is 1. The third kappa shape index (κ3) is 4.08. The SMILES string of the molecule is CCCc1cc(=O)oc2cc(OC(=O)COc3ccccc3F)ccc12. The smallest absolute Gasteiger partial charge is 0.349 e. The lowest BCUT2D eigenvalue weighted by molar-refractivity contribution is -0.136. The van der Waals surface area contributed by atoms with Crippen LogP contribution in [0.5, 0.6) is 11.5 Å². The number of hydrogen-bond donors (Lipinski definition) is 0. The van der Waals surface area contributed by atoms with E-state index in [9.17, 15) is 14.0 Å². The predicted molar refractivity (Wildman–Crippen MR) is 94.0 cm³/mol. The van der Waals surface area contributed by atoms with Crippen molar-refractivity contribution in [1.82, 2.24) is 0 Å². The van der Waals surface area contributed by atoms with Gasteiger partial charge < -0.3 is 13.9 Å². The lowest BCUT2D eigenvalue weighted by Gasteiger charge is -2.09. The van der Waals surface area contributed by atoms with Crippen LogP contribution in [0.3, 0.4) is 0 Å². The van der Waals surface area contributed by atoms with E-state index in [1.54, 1.807) is 18.2 Å². The van der Waals surface area contributed by atoms with Crippen LogP contribution in [0.1, 0.15) is 18.9 Å². The highest BCUT2D eigenvalue weighted by Gasteiger charge is 2.11. The molecule has 0 spiro atoms. The molecule has 0 aliphatic rings. The number of benzene rings is 2. The first-order valence-electron chi connectivity index (χ1n) is 8.21. The number of ether oxygens (including phenoxy) is 2. The van der Waals surface area contributed by atoms with Crippen molar-refractivity contribution >= 4 is 16.9 Å². The third-order valence-corrected chi connectivity index (χ3v) is 3.73. The van der Waals surface area contributed by atoms with Gasteiger partial charge in [-0.25, -0.2) is 14.0 Å². The molecule has 0 saturated heterocycles. The van der Waals surface area contributed by atoms with E-state index in [1.165, 1.54) is 30.3 Å². The minimum atomic E-state index is -0.695. The van der Waals surface area contributed by atoms with Crippen LogP contribution in [-0.4, -0.2) is 12.6 Å². The zero-order valence-electron chi connectivity index (χ0n) is 14.2. The number of aryl methyl sites for hydroxylation is 1. The fraction of sp³-hybridized carbons (Fsp3) is 0.200. The summed E-state index contributed by atoms with van der Waals surface area (Å²) in [5.74, 6) is -1.06. The van der Waals surface area contributed by atoms with Gasteiger partial charge in [-0.2, -0.15) is 0 Å². The highest BCUT2D eigenvalue weighted by atomic mass is 19.1. The van der Waals surface area contributed by atoms with Gasteiger partial charge in [0.05, 0.1) is 0 Å². The van der Waals surface area contributed by atoms with Crippen molar-refractivity contribution < 1.29 is 23.1 Å². The van der Waals surface area contributed by atoms with E-state index in [0.29, 0.717) is 5.58 Å². The van der Waals surface area contributed by atoms with Gasteiger partial charge in [0.25, 0.3) is 0 Å². The summed E-state index contributed by atoms with van der Waals surface area (Å²) >= 11 is 0. The van der Waals surface area contributed by atoms with E-state index in [4.69, 9.17) is 13.9 Å². The number of halogens is 1. The van der Waals surface area contributed by atoms with Crippen molar-refractivity contribution in [3.63, 3.8) is 0 Å². The first kappa shape index (κ1) is 17.7. The quantitative estimate of drug-likeness (QED) is 0.381. The molecule has 0 fully saturated rings. The maximum absolute atomic E-state index is 13.5. The maximum Gasteiger partial charge on any atom is 0.349 e. The Balaban J connectivity index is 1.73. The topological polar surface area (TPSA) is 65.7 Å². The minimum absolute atomic E-state index is 0.0295. The number of fused-ring (bicyclic) bond motifs is 1. The van der Waals surface area contributed by atoms with Gasteiger partial charge >= 0.3 is 11.6 Å². The zero-order valence-corrected chi connectivity index (χ0v) is 14.2. The van der Waals surface area contributed by atoms with E-state index in [0.717, 1.165) is 23.8 Å². The summed E-state index contributed by atoms with van der Waals surface area (Å²) in [5, 5.41) is 0.800. The average molecular weight is 356 g/mol. The number of hydrogen-bond acceptors (Lipinski definition) is 5. The van der Waals surface area contributed by atoms with Crippen LogP contribution in [0.25, 0.3) is 11.0 Å². The van der Waals surface area contributed by atoms with Crippen molar-refractivity contribution in [2.75, 3.05) is 6.61 Å². The largest absolute Gasteiger partial charge is 0.479 e. The molecular formula is C20H17FO5. The lowest BCUT2D eigenvalue weighted by atomic mass is 10.1. The summed E-state index contributed by atoms with van der Waals surface area (Å²) in [5.41, 5.74) is 0.785. The zero-order chi connectivity index (χ0) is 18.5. The van der Waals surface area contributed by atoms with Crippen LogP contribution in [0.2, 0.25) is 0 Å². The van der Waals surface area contributed by atoms with Crippen molar-refractivity contribution in [1.29, 1.82) is 0 Å². The first-order valence-corrected chi connectivity index (χ1v) is 8.21. The summed E-state index contributed by atoms with van der Waals surface area (Å²) in [6, 6.07) is 12.1. The molecule has 1 aromatic heterocycles. The van der Waals surface area contributed by atoms with E-state index in [-0.39, 0.29) is 11.5 Å². The molecule has 26 heavy (non-hydrogen) atoms. The van der Waals surface area contributed by atoms with E-state index < -0.39 is 24.0 Å². The summed E-state index contributed by atoms with van der Waals surface area (Å²) < 4.78 is 28.9. The van der Waals surface area contributed by atoms with Gasteiger partial charge in [-0.15, -0.1) is 0 Å². The van der Waals surface area contributed by atoms with Crippen molar-refractivity contribution in [2.45, 2.75) is 19.8 Å². The highest BCUT2D eigenvalue weighted by molar-refractivity contribution is 5.83. The average Bonchev–Trinajstić information content (AvgIpc) is 2.61. The summed E-state index contributed by atoms with van der Waals surface area (Å²) in [6.07, 6.45) is 1.64. The van der Waals surface area contributed by atoms with Crippen LogP contribution in [0.4, 0.5) is 4.39 Å². The van der Waals surface area contributed by atoms with Crippen LogP contribution >= 0.6 is 0 Å². The molecular weight excluding hydrogens is 339 g/mol. The molecule has 1 heterocycles. The maximum atomic E-state index is 13.5. The van der Waals surface area contributed by atoms with Crippen LogP contribution in [0.15, 0.2) is 57.7 Å². The second-order valence-corrected chi connectivity index (χ2v) is 5.69. The molecule has 0 N–H and O–H groups in total. The molecule has 0 aliphatic heterocycles. The van der Waals surface area contributed by atoms with E-state index in [2.05, 4.69) is 0 Å². The van der Waals surface area contributed by atoms with Gasteiger partial charge in [-0.1, -0.05) is 25.5 Å². The molecule has 3 rings (SSSR count). The van der Waals surface area contributed by atoms with Crippen molar-refractivity contribution in [3.05, 3.63) is 70.3 Å². The van der Waals surface area contributed by atoms with Crippen molar-refractivity contribution in [3.8, 4) is 11.5 Å². The normalized spacial score (nSPS) is 10.7. The Hall–Kier alpha value is -3.15. The summed E-state index contributed by atoms with van der Waals surface area (Å²) in [4.78, 5) is 23.6. The minimum Gasteiger partial charge on any atom is -0.479 e. The number of rotatable bonds is 6. The standard InChI is InChI=1S/C20H17FO5/c1-2-5-13-10-19(22)26-18-11-14(8-9-15(13)18)25-20(23)12-24-17-7-4-3-6-16(17)21/h3-4,6-11H,2,5,12H2,1H3. The van der Waals surface area contributed by atoms with Crippen LogP contribution in [-0.2, 0) is 11.2 Å². The van der Waals surface area contributed by atoms with Gasteiger partial charge in [0.1, 0.15) is 11.3 Å². The summed E-state index contributed by atoms with van der Waals surface area (Å²) in [6.45, 7) is 1.57. The second-order valence-electron chi connectivity index (χ2n) is 5.69. The van der Waals surface area contributed by atoms with Gasteiger partial charge in [0.2, 0.25) is 0 Å². The second kappa shape index (κ2) is 7.82. The van der Waals surface area contributed by atoms with Crippen LogP contribution in [0, 0.1) is 5.82 Å². The molecule has 3 aromatic rings. The molecule has 0 aliphatic carbocycles.